The summed E-state index contributed by atoms with van der Waals surface area (Å²) in [6, 6.07) is 6.36. The lowest BCUT2D eigenvalue weighted by atomic mass is 10.0. The summed E-state index contributed by atoms with van der Waals surface area (Å²) < 4.78 is 0. The van der Waals surface area contributed by atoms with Crippen LogP contribution in [0.1, 0.15) is 19.4 Å². The maximum atomic E-state index is 12.3. The second-order valence-electron chi connectivity index (χ2n) is 5.39. The van der Waals surface area contributed by atoms with Gasteiger partial charge in [0, 0.05) is 5.92 Å². The Hall–Kier alpha value is -1.18. The molecule has 0 heterocycles. The zero-order chi connectivity index (χ0) is 17.2. The van der Waals surface area contributed by atoms with Crippen molar-refractivity contribution >= 4 is 33.3 Å². The molecule has 1 aromatic carbocycles. The number of hydrogen-bond donors (Lipinski definition) is 3. The number of phenolic OH excluding ortho intramolecular Hbond substituents is 1. The van der Waals surface area contributed by atoms with Gasteiger partial charge in [0.2, 0.25) is 5.91 Å². The lowest BCUT2D eigenvalue weighted by Gasteiger charge is -2.18. The molecule has 0 bridgehead atoms. The predicted octanol–water partition coefficient (Wildman–Crippen LogP) is 2.20. The van der Waals surface area contributed by atoms with E-state index < -0.39 is 6.04 Å². The summed E-state index contributed by atoms with van der Waals surface area (Å²) in [5.41, 5.74) is 0.944. The second-order valence-corrected chi connectivity index (χ2v) is 7.96. The zero-order valence-corrected chi connectivity index (χ0v) is 15.3. The van der Waals surface area contributed by atoms with Crippen molar-refractivity contribution in [1.29, 1.82) is 0 Å². The molecule has 0 aliphatic heterocycles. The third-order valence-corrected chi connectivity index (χ3v) is 4.86. The molecule has 128 valence electrons. The van der Waals surface area contributed by atoms with Crippen molar-refractivity contribution in [1.82, 2.24) is 10.6 Å². The number of nitrogens with one attached hydrogen (secondary N) is 2. The molecule has 1 atom stereocenters. The van der Waals surface area contributed by atoms with Gasteiger partial charge < -0.3 is 10.4 Å². The minimum Gasteiger partial charge on any atom is -0.508 e. The predicted molar refractivity (Wildman–Crippen MR) is 97.6 cm³/mol. The van der Waals surface area contributed by atoms with Crippen molar-refractivity contribution < 1.29 is 14.7 Å². The van der Waals surface area contributed by atoms with Crippen LogP contribution < -0.4 is 10.6 Å². The average Bonchev–Trinajstić information content (AvgIpc) is 2.53. The first kappa shape index (κ1) is 19.9. The summed E-state index contributed by atoms with van der Waals surface area (Å²) in [4.78, 5) is 24.0. The number of ketones is 1. The number of Topliss-reactive ketones (excluding diaryl/α,β-unsaturated/α-hetero) is 1. The molecule has 3 N–H and O–H groups in total. The molecule has 0 aliphatic rings. The Balaban J connectivity index is 2.64. The van der Waals surface area contributed by atoms with Gasteiger partial charge in [-0.05, 0) is 30.4 Å². The van der Waals surface area contributed by atoms with E-state index in [0.717, 1.165) is 5.56 Å². The van der Waals surface area contributed by atoms with E-state index in [1.165, 1.54) is 0 Å². The van der Waals surface area contributed by atoms with Crippen LogP contribution in [0.25, 0.3) is 0 Å². The maximum absolute atomic E-state index is 12.3. The highest BCUT2D eigenvalue weighted by molar-refractivity contribution is 8.76. The number of hydrogen-bond acceptors (Lipinski definition) is 6. The summed E-state index contributed by atoms with van der Waals surface area (Å²) in [5.74, 6) is 0.568. The van der Waals surface area contributed by atoms with Gasteiger partial charge in [0.1, 0.15) is 5.75 Å². The molecular formula is C16H24N2O3S2. The zero-order valence-electron chi connectivity index (χ0n) is 13.7. The molecule has 0 saturated heterocycles. The molecule has 23 heavy (non-hydrogen) atoms. The van der Waals surface area contributed by atoms with Crippen molar-refractivity contribution in [2.24, 2.45) is 5.92 Å². The van der Waals surface area contributed by atoms with Gasteiger partial charge in [-0.3, -0.25) is 14.9 Å². The first-order chi connectivity index (χ1) is 10.9. The van der Waals surface area contributed by atoms with Crippen LogP contribution >= 0.6 is 21.6 Å². The van der Waals surface area contributed by atoms with E-state index in [1.54, 1.807) is 45.9 Å². The maximum Gasteiger partial charge on any atom is 0.237 e. The molecule has 5 nitrogen and oxygen atoms in total. The van der Waals surface area contributed by atoms with Crippen LogP contribution in [0.2, 0.25) is 0 Å². The monoisotopic (exact) mass is 356 g/mol. The van der Waals surface area contributed by atoms with Gasteiger partial charge in [-0.1, -0.05) is 47.6 Å². The van der Waals surface area contributed by atoms with E-state index in [9.17, 15) is 14.7 Å². The molecule has 0 aromatic heterocycles. The summed E-state index contributed by atoms with van der Waals surface area (Å²) >= 11 is 0. The molecule has 0 aliphatic carbocycles. The number of aromatic hydroxyl groups is 1. The van der Waals surface area contributed by atoms with Crippen LogP contribution in [-0.4, -0.2) is 41.5 Å². The first-order valence-corrected chi connectivity index (χ1v) is 10.1. The quantitative estimate of drug-likeness (QED) is 0.339. The molecule has 0 unspecified atom stereocenters. The van der Waals surface area contributed by atoms with E-state index in [1.807, 2.05) is 20.1 Å². The number of carbonyl (C=O) groups is 2. The molecule has 0 saturated carbocycles. The van der Waals surface area contributed by atoms with Crippen molar-refractivity contribution in [3.8, 4) is 5.75 Å². The fraction of sp³-hybridized carbons (Fsp3) is 0.500. The Bertz CT molecular complexity index is 507. The third-order valence-electron chi connectivity index (χ3n) is 3.28. The van der Waals surface area contributed by atoms with E-state index in [4.69, 9.17) is 0 Å². The van der Waals surface area contributed by atoms with Gasteiger partial charge in [-0.25, -0.2) is 0 Å². The summed E-state index contributed by atoms with van der Waals surface area (Å²) in [7, 11) is 3.24. The van der Waals surface area contributed by atoms with Crippen LogP contribution in [0.5, 0.6) is 5.75 Å². The Morgan fingerprint density at radius 1 is 1.22 bits per heavy atom. The van der Waals surface area contributed by atoms with Crippen molar-refractivity contribution in [2.75, 3.05) is 18.7 Å². The Morgan fingerprint density at radius 3 is 2.43 bits per heavy atom. The van der Waals surface area contributed by atoms with E-state index >= 15 is 0 Å². The van der Waals surface area contributed by atoms with Crippen molar-refractivity contribution in [2.45, 2.75) is 26.3 Å². The number of amides is 1. The Labute approximate surface area is 145 Å². The van der Waals surface area contributed by atoms with Crippen LogP contribution in [0.15, 0.2) is 24.3 Å². The van der Waals surface area contributed by atoms with Crippen LogP contribution in [0, 0.1) is 5.92 Å². The topological polar surface area (TPSA) is 78.4 Å². The molecule has 0 spiro atoms. The second kappa shape index (κ2) is 10.6. The number of rotatable bonds is 10. The van der Waals surface area contributed by atoms with Crippen molar-refractivity contribution in [3.63, 3.8) is 0 Å². The smallest absolute Gasteiger partial charge is 0.237 e. The highest BCUT2D eigenvalue weighted by atomic mass is 33.1. The minimum atomic E-state index is -0.417. The molecule has 1 rings (SSSR count). The van der Waals surface area contributed by atoms with Gasteiger partial charge in [0.25, 0.3) is 0 Å². The van der Waals surface area contributed by atoms with Gasteiger partial charge in [0.05, 0.1) is 18.5 Å². The Kier molecular flexibility index (Phi) is 9.13. The number of benzene rings is 1. The first-order valence-electron chi connectivity index (χ1n) is 7.41. The van der Waals surface area contributed by atoms with Gasteiger partial charge in [-0.15, -0.1) is 0 Å². The average molecular weight is 357 g/mol. The van der Waals surface area contributed by atoms with E-state index in [0.29, 0.717) is 12.3 Å². The van der Waals surface area contributed by atoms with Gasteiger partial charge >= 0.3 is 0 Å². The SMILES string of the molecule is CSSCN[C@@H](Cc1ccc(O)cc1)C(=O)NCC(=O)C(C)C. The molecule has 0 radical (unpaired) electrons. The minimum absolute atomic E-state index is 0.0141. The van der Waals surface area contributed by atoms with Gasteiger partial charge in [0.15, 0.2) is 5.78 Å². The normalized spacial score (nSPS) is 12.2. The largest absolute Gasteiger partial charge is 0.508 e. The van der Waals surface area contributed by atoms with Crippen LogP contribution in [0.4, 0.5) is 0 Å². The summed E-state index contributed by atoms with van der Waals surface area (Å²) in [6.45, 7) is 3.69. The molecular weight excluding hydrogens is 332 g/mol. The lowest BCUT2D eigenvalue weighted by Crippen LogP contribution is -2.47. The van der Waals surface area contributed by atoms with E-state index in [-0.39, 0.29) is 29.9 Å². The summed E-state index contributed by atoms with van der Waals surface area (Å²) in [6.07, 6.45) is 2.47. The Morgan fingerprint density at radius 2 is 1.87 bits per heavy atom. The molecule has 1 amide bonds. The lowest BCUT2D eigenvalue weighted by molar-refractivity contribution is -0.127. The standard InChI is InChI=1S/C16H24N2O3S2/c1-11(2)15(20)9-17-16(21)14(18-10-23-22-3)8-12-4-6-13(19)7-5-12/h4-7,11,14,18-19H,8-10H2,1-3H3,(H,17,21)/t14-/m0/s1. The fourth-order valence-electron chi connectivity index (χ4n) is 1.82. The van der Waals surface area contributed by atoms with E-state index in [2.05, 4.69) is 10.6 Å². The number of carbonyl (C=O) groups excluding carboxylic acids is 2. The molecule has 0 fully saturated rings. The van der Waals surface area contributed by atoms with Crippen LogP contribution in [0.3, 0.4) is 0 Å². The third kappa shape index (κ3) is 7.76. The highest BCUT2D eigenvalue weighted by Gasteiger charge is 2.19. The fourth-order valence-corrected chi connectivity index (χ4v) is 2.77. The summed E-state index contributed by atoms with van der Waals surface area (Å²) in [5, 5.41) is 15.2. The number of phenols is 1. The van der Waals surface area contributed by atoms with Crippen LogP contribution in [-0.2, 0) is 16.0 Å². The highest BCUT2D eigenvalue weighted by Crippen LogP contribution is 2.16. The molecule has 1 aromatic rings. The van der Waals surface area contributed by atoms with Crippen molar-refractivity contribution in [3.05, 3.63) is 29.8 Å². The van der Waals surface area contributed by atoms with Gasteiger partial charge in [-0.2, -0.15) is 0 Å². The molecule has 7 heteroatoms.